The van der Waals surface area contributed by atoms with Gasteiger partial charge in [0.15, 0.2) is 10.8 Å². The normalized spacial score (nSPS) is 12.2. The molecule has 0 aliphatic rings. The maximum absolute atomic E-state index is 12.2. The van der Waals surface area contributed by atoms with Crippen LogP contribution in [-0.4, -0.2) is 49.9 Å². The van der Waals surface area contributed by atoms with E-state index in [1.165, 1.54) is 0 Å². The molecule has 2 aromatic heterocycles. The van der Waals surface area contributed by atoms with Crippen LogP contribution in [0.5, 0.6) is 0 Å². The Balaban J connectivity index is 2.22. The average molecular weight is 427 g/mol. The minimum Gasteiger partial charge on any atom is -0.369 e. The number of halogens is 1. The lowest BCUT2D eigenvalue weighted by atomic mass is 9.95. The van der Waals surface area contributed by atoms with Crippen LogP contribution in [0.3, 0.4) is 0 Å². The molecule has 0 radical (unpaired) electrons. The molecule has 28 heavy (non-hydrogen) atoms. The minimum absolute atomic E-state index is 0.0658. The molecule has 2 N–H and O–H groups in total. The number of amides is 1. The first kappa shape index (κ1) is 22.7. The molecule has 0 atom stereocenters. The molecule has 0 fully saturated rings. The van der Waals surface area contributed by atoms with E-state index in [0.717, 1.165) is 28.6 Å². The van der Waals surface area contributed by atoms with Gasteiger partial charge in [-0.3, -0.25) is 4.79 Å². The molecule has 0 spiro atoms. The highest BCUT2D eigenvalue weighted by Gasteiger charge is 2.26. The zero-order valence-electron chi connectivity index (χ0n) is 17.5. The maximum atomic E-state index is 12.2. The number of nitrogens with zero attached hydrogens (tertiary/aromatic N) is 4. The van der Waals surface area contributed by atoms with Crippen LogP contribution < -0.4 is 10.6 Å². The number of carbonyl (C=O) groups is 1. The van der Waals surface area contributed by atoms with Gasteiger partial charge in [0.2, 0.25) is 5.91 Å². The zero-order chi connectivity index (χ0) is 20.9. The molecule has 0 saturated heterocycles. The van der Waals surface area contributed by atoms with E-state index in [4.69, 9.17) is 16.6 Å². The topological polar surface area (TPSA) is 84.7 Å². The Kier molecular flexibility index (Phi) is 7.95. The Labute approximate surface area is 176 Å². The lowest BCUT2D eigenvalue weighted by Gasteiger charge is -2.20. The number of hydrogen-bond acceptors (Lipinski definition) is 6. The van der Waals surface area contributed by atoms with Crippen molar-refractivity contribution in [2.45, 2.75) is 58.5 Å². The van der Waals surface area contributed by atoms with Gasteiger partial charge in [-0.25, -0.2) is 14.6 Å². The van der Waals surface area contributed by atoms with E-state index in [1.54, 1.807) is 18.0 Å². The number of hydrogen-bond donors (Lipinski definition) is 2. The van der Waals surface area contributed by atoms with E-state index in [9.17, 15) is 4.79 Å². The summed E-state index contributed by atoms with van der Waals surface area (Å²) in [4.78, 5) is 21.6. The minimum atomic E-state index is -0.592. The second kappa shape index (κ2) is 9.78. The fraction of sp³-hybridized carbons (Fsp3) is 0.684. The third kappa shape index (κ3) is 5.98. The van der Waals surface area contributed by atoms with Crippen LogP contribution in [0.4, 0.5) is 5.82 Å². The fourth-order valence-electron chi connectivity index (χ4n) is 2.37. The van der Waals surface area contributed by atoms with Gasteiger partial charge < -0.3 is 10.6 Å². The zero-order valence-corrected chi connectivity index (χ0v) is 19.1. The van der Waals surface area contributed by atoms with Crippen molar-refractivity contribution in [3.05, 3.63) is 6.20 Å². The molecule has 0 aliphatic heterocycles. The molecule has 0 aliphatic carbocycles. The van der Waals surface area contributed by atoms with E-state index >= 15 is 0 Å². The van der Waals surface area contributed by atoms with Crippen LogP contribution >= 0.6 is 23.4 Å². The molecular formula is C19H31ClN6OS. The van der Waals surface area contributed by atoms with Crippen molar-refractivity contribution in [3.8, 4) is 0 Å². The van der Waals surface area contributed by atoms with Gasteiger partial charge in [-0.15, -0.1) is 11.6 Å². The van der Waals surface area contributed by atoms with Crippen molar-refractivity contribution in [2.24, 2.45) is 11.3 Å². The summed E-state index contributed by atoms with van der Waals surface area (Å²) in [6.07, 6.45) is 1.78. The van der Waals surface area contributed by atoms with Crippen LogP contribution in [0.1, 0.15) is 41.5 Å². The standard InChI is InChI=1S/C19H31ClN6OS/c1-12(2)9-22-15-14-10-23-26(8-7-21-17(27)19(5,6)11-20)16(14)25-18(24-15)28-13(3)4/h10,12-13H,7-9,11H2,1-6H3,(H,21,27)(H,22,24,25). The van der Waals surface area contributed by atoms with Crippen LogP contribution in [0.15, 0.2) is 11.4 Å². The van der Waals surface area contributed by atoms with E-state index in [0.29, 0.717) is 24.3 Å². The second-order valence-corrected chi connectivity index (χ2v) is 9.99. The Morgan fingerprint density at radius 2 is 2.00 bits per heavy atom. The predicted molar refractivity (Wildman–Crippen MR) is 117 cm³/mol. The molecular weight excluding hydrogens is 396 g/mol. The monoisotopic (exact) mass is 426 g/mol. The second-order valence-electron chi connectivity index (χ2n) is 8.17. The van der Waals surface area contributed by atoms with Gasteiger partial charge >= 0.3 is 0 Å². The molecule has 2 heterocycles. The maximum Gasteiger partial charge on any atom is 0.226 e. The first-order valence-electron chi connectivity index (χ1n) is 9.62. The summed E-state index contributed by atoms with van der Waals surface area (Å²) in [5.74, 6) is 1.52. The lowest BCUT2D eigenvalue weighted by molar-refractivity contribution is -0.128. The molecule has 1 amide bonds. The Morgan fingerprint density at radius 3 is 2.61 bits per heavy atom. The third-order valence-electron chi connectivity index (χ3n) is 4.05. The third-order valence-corrected chi connectivity index (χ3v) is 5.59. The molecule has 156 valence electrons. The van der Waals surface area contributed by atoms with Gasteiger partial charge in [0.25, 0.3) is 0 Å². The van der Waals surface area contributed by atoms with Crippen molar-refractivity contribution in [1.82, 2.24) is 25.1 Å². The highest BCUT2D eigenvalue weighted by molar-refractivity contribution is 7.99. The summed E-state index contributed by atoms with van der Waals surface area (Å²) >= 11 is 7.49. The SMILES string of the molecule is CC(C)CNc1nc(SC(C)C)nc2c1cnn2CCNC(=O)C(C)(C)CCl. The largest absolute Gasteiger partial charge is 0.369 e. The Hall–Kier alpha value is -1.54. The van der Waals surface area contributed by atoms with Crippen molar-refractivity contribution < 1.29 is 4.79 Å². The van der Waals surface area contributed by atoms with Gasteiger partial charge in [0.1, 0.15) is 5.82 Å². The van der Waals surface area contributed by atoms with Gasteiger partial charge in [-0.05, 0) is 19.8 Å². The Bertz CT molecular complexity index is 805. The lowest BCUT2D eigenvalue weighted by Crippen LogP contribution is -2.39. The molecule has 0 aromatic carbocycles. The van der Waals surface area contributed by atoms with E-state index in [1.807, 2.05) is 18.5 Å². The highest BCUT2D eigenvalue weighted by atomic mass is 35.5. The van der Waals surface area contributed by atoms with Crippen molar-refractivity contribution >= 4 is 46.1 Å². The molecule has 7 nitrogen and oxygen atoms in total. The van der Waals surface area contributed by atoms with Crippen molar-refractivity contribution in [3.63, 3.8) is 0 Å². The molecule has 2 aromatic rings. The summed E-state index contributed by atoms with van der Waals surface area (Å²) < 4.78 is 1.82. The Morgan fingerprint density at radius 1 is 1.29 bits per heavy atom. The summed E-state index contributed by atoms with van der Waals surface area (Å²) in [5.41, 5.74) is 0.181. The highest BCUT2D eigenvalue weighted by Crippen LogP contribution is 2.26. The summed E-state index contributed by atoms with van der Waals surface area (Å²) in [6.45, 7) is 14.0. The summed E-state index contributed by atoms with van der Waals surface area (Å²) in [7, 11) is 0. The average Bonchev–Trinajstić information content (AvgIpc) is 3.02. The van der Waals surface area contributed by atoms with Gasteiger partial charge in [0, 0.05) is 24.2 Å². The molecule has 0 unspecified atom stereocenters. The molecule has 2 rings (SSSR count). The van der Waals surface area contributed by atoms with E-state index < -0.39 is 5.41 Å². The first-order chi connectivity index (χ1) is 13.1. The summed E-state index contributed by atoms with van der Waals surface area (Å²) in [5, 5.41) is 12.8. The van der Waals surface area contributed by atoms with Crippen LogP contribution in [-0.2, 0) is 11.3 Å². The number of nitrogens with one attached hydrogen (secondary N) is 2. The van der Waals surface area contributed by atoms with Crippen LogP contribution in [0, 0.1) is 11.3 Å². The number of aromatic nitrogens is 4. The van der Waals surface area contributed by atoms with Gasteiger partial charge in [0.05, 0.1) is 23.5 Å². The first-order valence-corrected chi connectivity index (χ1v) is 11.0. The van der Waals surface area contributed by atoms with E-state index in [-0.39, 0.29) is 11.8 Å². The molecule has 0 bridgehead atoms. The number of carbonyl (C=O) groups excluding carboxylic acids is 1. The molecule has 0 saturated carbocycles. The summed E-state index contributed by atoms with van der Waals surface area (Å²) in [6, 6.07) is 0. The quantitative estimate of drug-likeness (QED) is 0.341. The number of thioether (sulfide) groups is 1. The predicted octanol–water partition coefficient (Wildman–Crippen LogP) is 3.78. The number of rotatable bonds is 10. The van der Waals surface area contributed by atoms with E-state index in [2.05, 4.69) is 48.4 Å². The number of alkyl halides is 1. The van der Waals surface area contributed by atoms with Crippen LogP contribution in [0.25, 0.3) is 11.0 Å². The smallest absolute Gasteiger partial charge is 0.226 e. The molecule has 9 heteroatoms. The van der Waals surface area contributed by atoms with Gasteiger partial charge in [-0.2, -0.15) is 5.10 Å². The number of anilines is 1. The van der Waals surface area contributed by atoms with Gasteiger partial charge in [-0.1, -0.05) is 39.5 Å². The van der Waals surface area contributed by atoms with Crippen molar-refractivity contribution in [1.29, 1.82) is 0 Å². The fourth-order valence-corrected chi connectivity index (χ4v) is 3.20. The van der Waals surface area contributed by atoms with Crippen molar-refractivity contribution in [2.75, 3.05) is 24.3 Å². The van der Waals surface area contributed by atoms with Crippen LogP contribution in [0.2, 0.25) is 0 Å². The number of fused-ring (bicyclic) bond motifs is 1.